The van der Waals surface area contributed by atoms with Gasteiger partial charge >= 0.3 is 5.91 Å². The number of hydrogen-bond donors (Lipinski definition) is 4. The highest BCUT2D eigenvalue weighted by molar-refractivity contribution is 7.98. The van der Waals surface area contributed by atoms with E-state index in [1.54, 1.807) is 6.33 Å². The maximum absolute atomic E-state index is 11.1. The van der Waals surface area contributed by atoms with E-state index in [1.807, 2.05) is 30.8 Å². The van der Waals surface area contributed by atoms with E-state index in [2.05, 4.69) is 20.3 Å². The van der Waals surface area contributed by atoms with Crippen LogP contribution in [0.25, 0.3) is 0 Å². The lowest BCUT2D eigenvalue weighted by Crippen LogP contribution is -3.00. The first-order valence-corrected chi connectivity index (χ1v) is 8.19. The van der Waals surface area contributed by atoms with E-state index in [-0.39, 0.29) is 30.7 Å². The molecule has 2 rings (SSSR count). The average Bonchev–Trinajstić information content (AvgIpc) is 2.86. The van der Waals surface area contributed by atoms with Gasteiger partial charge in [-0.2, -0.15) is 11.8 Å². The van der Waals surface area contributed by atoms with Gasteiger partial charge in [-0.3, -0.25) is 0 Å². The fourth-order valence-electron chi connectivity index (χ4n) is 1.93. The minimum atomic E-state index is -0.0223. The van der Waals surface area contributed by atoms with Crippen LogP contribution in [0, 0.1) is 6.92 Å². The summed E-state index contributed by atoms with van der Waals surface area (Å²) < 4.78 is 0. The lowest BCUT2D eigenvalue weighted by atomic mass is 10.3. The van der Waals surface area contributed by atoms with Gasteiger partial charge in [0.2, 0.25) is 11.5 Å². The van der Waals surface area contributed by atoms with Crippen LogP contribution in [0.2, 0.25) is 0 Å². The highest BCUT2D eigenvalue weighted by Crippen LogP contribution is 2.13. The molecule has 0 bridgehead atoms. The van der Waals surface area contributed by atoms with Crippen LogP contribution in [-0.4, -0.2) is 28.2 Å². The normalized spacial score (nSPS) is 9.75. The molecule has 10 heteroatoms. The summed E-state index contributed by atoms with van der Waals surface area (Å²) in [6.45, 7) is 4.35. The summed E-state index contributed by atoms with van der Waals surface area (Å²) in [7, 11) is 0. The molecule has 0 aromatic carbocycles. The number of carbonyl (C=O) groups excluding carboxylic acids is 1. The van der Waals surface area contributed by atoms with Crippen LogP contribution in [0.1, 0.15) is 18.3 Å². The van der Waals surface area contributed by atoms with Gasteiger partial charge in [-0.25, -0.2) is 20.1 Å². The molecule has 0 spiro atoms. The van der Waals surface area contributed by atoms with Gasteiger partial charge in [-0.1, -0.05) is 0 Å². The Morgan fingerprint density at radius 2 is 2.21 bits per heavy atom. The number of aryl methyl sites for hydroxylation is 1. The number of quaternary nitrogens is 1. The van der Waals surface area contributed by atoms with Gasteiger partial charge < -0.3 is 40.8 Å². The summed E-state index contributed by atoms with van der Waals surface area (Å²) in [5.41, 5.74) is 8.82. The van der Waals surface area contributed by atoms with Crippen molar-refractivity contribution < 1.29 is 39.9 Å². The standard InChI is InChI=1S/C14H20N6OS.2ClH/c1-9-12(18-8-17-9)7-22-6-5-16-13-4-3-11(14(15)20-13)19-10(2)21;;/h3-4,8H,5-7H2,1-2H3,(H,17,18)(H,19,21)(H3,15,16,20);2*1H. The van der Waals surface area contributed by atoms with Gasteiger partial charge in [-0.05, 0) is 6.92 Å². The maximum Gasteiger partial charge on any atom is 0.312 e. The number of nitrogens with two attached hydrogens (primary N) is 2. The van der Waals surface area contributed by atoms with Crippen LogP contribution in [-0.2, 0) is 10.5 Å². The predicted molar refractivity (Wildman–Crippen MR) is 87.7 cm³/mol. The van der Waals surface area contributed by atoms with Crippen molar-refractivity contribution in [3.05, 3.63) is 29.8 Å². The molecule has 0 unspecified atom stereocenters. The molecule has 0 saturated heterocycles. The van der Waals surface area contributed by atoms with E-state index < -0.39 is 0 Å². The van der Waals surface area contributed by atoms with E-state index in [1.165, 1.54) is 12.2 Å². The lowest BCUT2D eigenvalue weighted by molar-refractivity contribution is -0.488. The molecular weight excluding hydrogens is 371 g/mol. The Kier molecular flexibility index (Phi) is 10.5. The minimum Gasteiger partial charge on any atom is -1.00 e. The number of nitrogen functional groups attached to an aromatic ring is 1. The van der Waals surface area contributed by atoms with Gasteiger partial charge in [0.15, 0.2) is 0 Å². The zero-order valence-electron chi connectivity index (χ0n) is 13.5. The number of carbonyl (C=O) groups is 1. The summed E-state index contributed by atoms with van der Waals surface area (Å²) >= 11 is 1.82. The predicted octanol–water partition coefficient (Wildman–Crippen LogP) is -5.79. The SMILES string of the molecule is CC(=O)[NH2+]c1ccc(NCCSCc2nc[nH]c2C)[nH+]c1N.[Cl-].[Cl-]. The number of aromatic amines is 2. The van der Waals surface area contributed by atoms with Gasteiger partial charge in [0.25, 0.3) is 5.82 Å². The Morgan fingerprint density at radius 3 is 2.79 bits per heavy atom. The van der Waals surface area contributed by atoms with Gasteiger partial charge in [0.05, 0.1) is 25.5 Å². The number of anilines is 2. The number of rotatable bonds is 7. The van der Waals surface area contributed by atoms with Gasteiger partial charge in [-0.15, -0.1) is 0 Å². The average molecular weight is 393 g/mol. The molecule has 0 aliphatic heterocycles. The van der Waals surface area contributed by atoms with E-state index in [0.717, 1.165) is 35.3 Å². The van der Waals surface area contributed by atoms with E-state index in [0.29, 0.717) is 11.5 Å². The van der Waals surface area contributed by atoms with Crippen LogP contribution < -0.4 is 46.2 Å². The number of nitrogens with one attached hydrogen (secondary N) is 3. The topological polar surface area (TPSA) is 115 Å². The number of thioether (sulfide) groups is 1. The molecule has 2 aromatic rings. The number of H-pyrrole nitrogens is 2. The van der Waals surface area contributed by atoms with E-state index in [9.17, 15) is 4.79 Å². The number of nitrogens with zero attached hydrogens (tertiary/aromatic N) is 1. The smallest absolute Gasteiger partial charge is 0.312 e. The summed E-state index contributed by atoms with van der Waals surface area (Å²) in [5, 5.41) is 4.79. The molecule has 0 aliphatic rings. The second kappa shape index (κ2) is 11.1. The number of amides is 1. The molecule has 24 heavy (non-hydrogen) atoms. The third-order valence-corrected chi connectivity index (χ3v) is 4.07. The molecule has 7 nitrogen and oxygen atoms in total. The fourth-order valence-corrected chi connectivity index (χ4v) is 2.80. The zero-order chi connectivity index (χ0) is 15.9. The summed E-state index contributed by atoms with van der Waals surface area (Å²) in [6, 6.07) is 3.71. The molecule has 0 radical (unpaired) electrons. The summed E-state index contributed by atoms with van der Waals surface area (Å²) in [4.78, 5) is 21.5. The number of primary amides is 1. The van der Waals surface area contributed by atoms with Crippen LogP contribution in [0.5, 0.6) is 0 Å². The molecular formula is C14H22Cl2N6OS. The molecule has 2 aromatic heterocycles. The highest BCUT2D eigenvalue weighted by Gasteiger charge is 2.12. The molecule has 0 atom stereocenters. The monoisotopic (exact) mass is 392 g/mol. The Balaban J connectivity index is 0.00000264. The first kappa shape index (κ1) is 22.5. The second-order valence-electron chi connectivity index (χ2n) is 4.95. The quantitative estimate of drug-likeness (QED) is 0.350. The first-order valence-electron chi connectivity index (χ1n) is 7.04. The fraction of sp³-hybridized carbons (Fsp3) is 0.357. The Bertz CT molecular complexity index is 652. The third kappa shape index (κ3) is 6.96. The van der Waals surface area contributed by atoms with Crippen LogP contribution in [0.15, 0.2) is 18.5 Å². The van der Waals surface area contributed by atoms with Crippen molar-refractivity contribution >= 4 is 35.0 Å². The second-order valence-corrected chi connectivity index (χ2v) is 6.05. The van der Waals surface area contributed by atoms with E-state index >= 15 is 0 Å². The zero-order valence-corrected chi connectivity index (χ0v) is 15.9. The van der Waals surface area contributed by atoms with Crippen molar-refractivity contribution in [2.75, 3.05) is 23.3 Å². The number of aromatic nitrogens is 3. The molecule has 0 fully saturated rings. The van der Waals surface area contributed by atoms with E-state index in [4.69, 9.17) is 5.73 Å². The minimum absolute atomic E-state index is 0. The van der Waals surface area contributed by atoms with Gasteiger partial charge in [0.1, 0.15) is 0 Å². The number of pyridine rings is 1. The Morgan fingerprint density at radius 1 is 1.46 bits per heavy atom. The van der Waals surface area contributed by atoms with Gasteiger partial charge in [0, 0.05) is 29.3 Å². The maximum atomic E-state index is 11.1. The molecule has 0 saturated carbocycles. The summed E-state index contributed by atoms with van der Waals surface area (Å²) in [5.74, 6) is 3.16. The van der Waals surface area contributed by atoms with Crippen molar-refractivity contribution in [1.82, 2.24) is 9.97 Å². The summed E-state index contributed by atoms with van der Waals surface area (Å²) in [6.07, 6.45) is 1.72. The molecule has 134 valence electrons. The first-order chi connectivity index (χ1) is 10.6. The molecule has 7 N–H and O–H groups in total. The number of hydrogen-bond acceptors (Lipinski definition) is 5. The number of imidazole rings is 1. The van der Waals surface area contributed by atoms with Crippen LogP contribution in [0.4, 0.5) is 17.3 Å². The Hall–Kier alpha value is -1.48. The van der Waals surface area contributed by atoms with Crippen LogP contribution in [0.3, 0.4) is 0 Å². The van der Waals surface area contributed by atoms with Crippen LogP contribution >= 0.6 is 11.8 Å². The van der Waals surface area contributed by atoms with Crippen molar-refractivity contribution in [2.45, 2.75) is 19.6 Å². The van der Waals surface area contributed by atoms with Crippen molar-refractivity contribution in [3.8, 4) is 0 Å². The largest absolute Gasteiger partial charge is 1.00 e. The van der Waals surface area contributed by atoms with Crippen molar-refractivity contribution in [1.29, 1.82) is 0 Å². The molecule has 1 amide bonds. The molecule has 0 aliphatic carbocycles. The lowest BCUT2D eigenvalue weighted by Gasteiger charge is -2.03. The van der Waals surface area contributed by atoms with Crippen molar-refractivity contribution in [2.24, 2.45) is 0 Å². The molecule has 2 heterocycles. The number of halogens is 2. The Labute approximate surface area is 157 Å². The van der Waals surface area contributed by atoms with Crippen molar-refractivity contribution in [3.63, 3.8) is 0 Å². The third-order valence-electron chi connectivity index (χ3n) is 3.10. The highest BCUT2D eigenvalue weighted by atomic mass is 35.5.